The highest BCUT2D eigenvalue weighted by Gasteiger charge is 2.49. The van der Waals surface area contributed by atoms with Gasteiger partial charge in [-0.05, 0) is 74.2 Å². The fraction of sp³-hybridized carbons (Fsp3) is 0.429. The monoisotopic (exact) mass is 384 g/mol. The maximum absolute atomic E-state index is 13.1. The van der Waals surface area contributed by atoms with E-state index in [9.17, 15) is 14.7 Å². The number of ether oxygens (including phenoxy) is 1. The molecule has 2 aromatic rings. The van der Waals surface area contributed by atoms with E-state index < -0.39 is 12.0 Å². The van der Waals surface area contributed by atoms with Gasteiger partial charge in [-0.1, -0.05) is 0 Å². The van der Waals surface area contributed by atoms with E-state index in [4.69, 9.17) is 9.15 Å². The summed E-state index contributed by atoms with van der Waals surface area (Å²) in [5.74, 6) is 0.158. The number of carbonyl (C=O) groups is 2. The smallest absolute Gasteiger partial charge is 0.326 e. The minimum absolute atomic E-state index is 0.116. The second-order valence-electron chi connectivity index (χ2n) is 7.63. The summed E-state index contributed by atoms with van der Waals surface area (Å²) in [7, 11) is 1.60. The molecule has 2 N–H and O–H groups in total. The van der Waals surface area contributed by atoms with Crippen LogP contribution in [0.1, 0.15) is 29.8 Å². The largest absolute Gasteiger partial charge is 0.497 e. The van der Waals surface area contributed by atoms with E-state index in [0.29, 0.717) is 18.7 Å². The molecule has 0 bridgehead atoms. The van der Waals surface area contributed by atoms with Crippen molar-refractivity contribution in [2.75, 3.05) is 26.7 Å². The number of rotatable bonds is 4. The fourth-order valence-corrected chi connectivity index (χ4v) is 4.31. The van der Waals surface area contributed by atoms with Crippen LogP contribution in [0.5, 0.6) is 5.75 Å². The third kappa shape index (κ3) is 3.38. The van der Waals surface area contributed by atoms with Crippen LogP contribution in [-0.4, -0.2) is 54.7 Å². The van der Waals surface area contributed by atoms with Crippen molar-refractivity contribution in [3.63, 3.8) is 0 Å². The van der Waals surface area contributed by atoms with Gasteiger partial charge < -0.3 is 24.5 Å². The Bertz CT molecular complexity index is 867. The molecule has 1 aromatic heterocycles. The first kappa shape index (κ1) is 18.6. The number of aliphatic carboxylic acids is 1. The summed E-state index contributed by atoms with van der Waals surface area (Å²) in [6.07, 6.45) is 2.27. The summed E-state index contributed by atoms with van der Waals surface area (Å²) in [5, 5.41) is 13.0. The van der Waals surface area contributed by atoms with Gasteiger partial charge in [0.2, 0.25) is 0 Å². The summed E-state index contributed by atoms with van der Waals surface area (Å²) in [6.45, 7) is 2.18. The summed E-state index contributed by atoms with van der Waals surface area (Å²) >= 11 is 0. The van der Waals surface area contributed by atoms with Gasteiger partial charge in [-0.3, -0.25) is 4.79 Å². The lowest BCUT2D eigenvalue weighted by atomic mass is 9.77. The lowest BCUT2D eigenvalue weighted by molar-refractivity contribution is -0.141. The first-order valence-electron chi connectivity index (χ1n) is 9.50. The molecular formula is C21H24N2O5. The standard InChI is InChI=1S/C21H24N2O5/c1-27-15-4-2-14(3-5-15)17-6-7-18(28-17)19(24)23-13-21(8-10-22-11-9-21)12-16(23)20(25)26/h2-7,16,22H,8-13H2,1H3,(H,25,26)/t16-/m0/s1. The van der Waals surface area contributed by atoms with Gasteiger partial charge in [-0.25, -0.2) is 4.79 Å². The molecule has 1 atom stereocenters. The number of likely N-dealkylation sites (tertiary alicyclic amines) is 1. The first-order chi connectivity index (χ1) is 13.5. The molecule has 2 fully saturated rings. The van der Waals surface area contributed by atoms with Crippen molar-refractivity contribution >= 4 is 11.9 Å². The van der Waals surface area contributed by atoms with Gasteiger partial charge in [0.25, 0.3) is 5.91 Å². The molecule has 1 spiro atoms. The third-order valence-corrected chi connectivity index (χ3v) is 5.91. The molecule has 0 radical (unpaired) electrons. The van der Waals surface area contributed by atoms with Crippen LogP contribution in [0.4, 0.5) is 0 Å². The quantitative estimate of drug-likeness (QED) is 0.842. The van der Waals surface area contributed by atoms with Gasteiger partial charge >= 0.3 is 5.97 Å². The Morgan fingerprint density at radius 3 is 2.54 bits per heavy atom. The number of benzene rings is 1. The molecule has 148 valence electrons. The number of nitrogens with zero attached hydrogens (tertiary/aromatic N) is 1. The van der Waals surface area contributed by atoms with E-state index in [1.165, 1.54) is 4.90 Å². The molecule has 2 aliphatic rings. The number of carbonyl (C=O) groups excluding carboxylic acids is 1. The van der Waals surface area contributed by atoms with Gasteiger partial charge in [0.15, 0.2) is 5.76 Å². The van der Waals surface area contributed by atoms with E-state index in [-0.39, 0.29) is 17.1 Å². The van der Waals surface area contributed by atoms with Crippen molar-refractivity contribution in [2.24, 2.45) is 5.41 Å². The van der Waals surface area contributed by atoms with E-state index in [2.05, 4.69) is 5.32 Å². The Morgan fingerprint density at radius 2 is 1.89 bits per heavy atom. The van der Waals surface area contributed by atoms with Gasteiger partial charge in [0.1, 0.15) is 17.6 Å². The van der Waals surface area contributed by atoms with Crippen molar-refractivity contribution in [3.8, 4) is 17.1 Å². The van der Waals surface area contributed by atoms with Crippen LogP contribution in [0, 0.1) is 5.41 Å². The van der Waals surface area contributed by atoms with Crippen LogP contribution in [0.2, 0.25) is 0 Å². The summed E-state index contributed by atoms with van der Waals surface area (Å²) in [5.41, 5.74) is 0.709. The van der Waals surface area contributed by atoms with E-state index in [0.717, 1.165) is 37.2 Å². The highest BCUT2D eigenvalue weighted by molar-refractivity contribution is 5.95. The molecule has 0 saturated carbocycles. The molecule has 7 heteroatoms. The van der Waals surface area contributed by atoms with Gasteiger partial charge in [0, 0.05) is 12.1 Å². The highest BCUT2D eigenvalue weighted by Crippen LogP contribution is 2.42. The SMILES string of the molecule is COc1ccc(-c2ccc(C(=O)N3CC4(CCNCC4)C[C@H]3C(=O)O)o2)cc1. The number of hydrogen-bond acceptors (Lipinski definition) is 5. The molecule has 1 aromatic carbocycles. The summed E-state index contributed by atoms with van der Waals surface area (Å²) in [6, 6.07) is 9.90. The molecule has 0 aliphatic carbocycles. The number of carboxylic acids is 1. The molecule has 1 amide bonds. The predicted octanol–water partition coefficient (Wildman–Crippen LogP) is 2.62. The number of amides is 1. The Hall–Kier alpha value is -2.80. The highest BCUT2D eigenvalue weighted by atomic mass is 16.5. The minimum Gasteiger partial charge on any atom is -0.497 e. The second kappa shape index (κ2) is 7.31. The topological polar surface area (TPSA) is 92.0 Å². The van der Waals surface area contributed by atoms with E-state index >= 15 is 0 Å². The number of carboxylic acid groups (broad SMARTS) is 1. The van der Waals surface area contributed by atoms with Gasteiger partial charge in [-0.15, -0.1) is 0 Å². The number of furan rings is 1. The fourth-order valence-electron chi connectivity index (χ4n) is 4.31. The van der Waals surface area contributed by atoms with Crippen molar-refractivity contribution < 1.29 is 23.8 Å². The van der Waals surface area contributed by atoms with E-state index in [1.807, 2.05) is 24.3 Å². The number of hydrogen-bond donors (Lipinski definition) is 2. The Morgan fingerprint density at radius 1 is 1.18 bits per heavy atom. The molecule has 0 unspecified atom stereocenters. The van der Waals surface area contributed by atoms with Gasteiger partial charge in [-0.2, -0.15) is 0 Å². The maximum Gasteiger partial charge on any atom is 0.326 e. The van der Waals surface area contributed by atoms with Gasteiger partial charge in [0.05, 0.1) is 7.11 Å². The van der Waals surface area contributed by atoms with Crippen LogP contribution in [-0.2, 0) is 4.79 Å². The molecular weight excluding hydrogens is 360 g/mol. The number of piperidine rings is 1. The zero-order valence-electron chi connectivity index (χ0n) is 15.8. The summed E-state index contributed by atoms with van der Waals surface area (Å²) in [4.78, 5) is 26.4. The normalized spacial score (nSPS) is 21.0. The van der Waals surface area contributed by atoms with Crippen molar-refractivity contribution in [2.45, 2.75) is 25.3 Å². The lowest BCUT2D eigenvalue weighted by Crippen LogP contribution is -2.41. The van der Waals surface area contributed by atoms with Crippen molar-refractivity contribution in [3.05, 3.63) is 42.2 Å². The molecule has 3 heterocycles. The molecule has 7 nitrogen and oxygen atoms in total. The Balaban J connectivity index is 1.56. The van der Waals surface area contributed by atoms with Crippen LogP contribution < -0.4 is 10.1 Å². The molecule has 2 saturated heterocycles. The predicted molar refractivity (Wildman–Crippen MR) is 102 cm³/mol. The number of methoxy groups -OCH3 is 1. The van der Waals surface area contributed by atoms with E-state index in [1.54, 1.807) is 19.2 Å². The Kier molecular flexibility index (Phi) is 4.85. The average molecular weight is 384 g/mol. The minimum atomic E-state index is -0.953. The third-order valence-electron chi connectivity index (χ3n) is 5.91. The van der Waals surface area contributed by atoms with Crippen LogP contribution in [0.25, 0.3) is 11.3 Å². The van der Waals surface area contributed by atoms with Crippen molar-refractivity contribution in [1.29, 1.82) is 0 Å². The lowest BCUT2D eigenvalue weighted by Gasteiger charge is -2.33. The zero-order valence-corrected chi connectivity index (χ0v) is 15.8. The van der Waals surface area contributed by atoms with Crippen molar-refractivity contribution in [1.82, 2.24) is 10.2 Å². The average Bonchev–Trinajstić information content (AvgIpc) is 3.34. The first-order valence-corrected chi connectivity index (χ1v) is 9.50. The molecule has 4 rings (SSSR count). The zero-order chi connectivity index (χ0) is 19.7. The Labute approximate surface area is 163 Å². The van der Waals surface area contributed by atoms with Crippen LogP contribution >= 0.6 is 0 Å². The maximum atomic E-state index is 13.1. The molecule has 2 aliphatic heterocycles. The number of nitrogens with one attached hydrogen (secondary N) is 1. The second-order valence-corrected chi connectivity index (χ2v) is 7.63. The summed E-state index contributed by atoms with van der Waals surface area (Å²) < 4.78 is 10.9. The van der Waals surface area contributed by atoms with Crippen LogP contribution in [0.15, 0.2) is 40.8 Å². The van der Waals surface area contributed by atoms with Crippen LogP contribution in [0.3, 0.4) is 0 Å². The molecule has 28 heavy (non-hydrogen) atoms.